The normalized spacial score (nSPS) is 17.8. The summed E-state index contributed by atoms with van der Waals surface area (Å²) in [4.78, 5) is 7.49. The molecule has 16 heavy (non-hydrogen) atoms. The van der Waals surface area contributed by atoms with E-state index < -0.39 is 0 Å². The molecule has 1 fully saturated rings. The first-order chi connectivity index (χ1) is 7.77. The van der Waals surface area contributed by atoms with E-state index in [-0.39, 0.29) is 0 Å². The van der Waals surface area contributed by atoms with Gasteiger partial charge in [-0.3, -0.25) is 0 Å². The van der Waals surface area contributed by atoms with E-state index in [0.717, 1.165) is 18.7 Å². The van der Waals surface area contributed by atoms with E-state index in [2.05, 4.69) is 34.5 Å². The lowest BCUT2D eigenvalue weighted by Crippen LogP contribution is -2.21. The molecule has 1 saturated carbocycles. The molecule has 0 spiro atoms. The maximum Gasteiger partial charge on any atom is 0.137 e. The van der Waals surface area contributed by atoms with Crippen molar-refractivity contribution in [2.45, 2.75) is 26.3 Å². The molecule has 2 N–H and O–H groups in total. The summed E-state index contributed by atoms with van der Waals surface area (Å²) in [5.74, 6) is 0. The van der Waals surface area contributed by atoms with Crippen LogP contribution < -0.4 is 5.32 Å². The van der Waals surface area contributed by atoms with Gasteiger partial charge in [0, 0.05) is 30.9 Å². The summed E-state index contributed by atoms with van der Waals surface area (Å²) >= 11 is 0. The Morgan fingerprint density at radius 1 is 1.50 bits per heavy atom. The second kappa shape index (κ2) is 3.59. The van der Waals surface area contributed by atoms with Crippen molar-refractivity contribution in [2.75, 3.05) is 6.54 Å². The first-order valence-electron chi connectivity index (χ1n) is 5.89. The lowest BCUT2D eigenvalue weighted by molar-refractivity contribution is 0.500. The molecule has 1 aliphatic carbocycles. The van der Waals surface area contributed by atoms with E-state index in [9.17, 15) is 0 Å². The first kappa shape index (κ1) is 9.85. The fourth-order valence-electron chi connectivity index (χ4n) is 2.05. The zero-order valence-electron chi connectivity index (χ0n) is 9.59. The number of aromatic nitrogens is 2. The number of pyridine rings is 1. The predicted molar refractivity (Wildman–Crippen MR) is 65.1 cm³/mol. The van der Waals surface area contributed by atoms with Crippen molar-refractivity contribution >= 4 is 11.0 Å². The van der Waals surface area contributed by atoms with Gasteiger partial charge in [-0.2, -0.15) is 0 Å². The van der Waals surface area contributed by atoms with Gasteiger partial charge < -0.3 is 10.3 Å². The largest absolute Gasteiger partial charge is 0.346 e. The zero-order valence-corrected chi connectivity index (χ0v) is 9.59. The molecule has 1 aliphatic rings. The van der Waals surface area contributed by atoms with E-state index in [1.165, 1.54) is 23.8 Å². The first-order valence-corrected chi connectivity index (χ1v) is 5.89. The van der Waals surface area contributed by atoms with Crippen molar-refractivity contribution in [3.63, 3.8) is 0 Å². The Kier molecular flexibility index (Phi) is 2.21. The fourth-order valence-corrected chi connectivity index (χ4v) is 2.05. The van der Waals surface area contributed by atoms with Crippen molar-refractivity contribution in [3.8, 4) is 0 Å². The van der Waals surface area contributed by atoms with Gasteiger partial charge >= 0.3 is 0 Å². The van der Waals surface area contributed by atoms with Gasteiger partial charge in [-0.05, 0) is 36.0 Å². The van der Waals surface area contributed by atoms with E-state index in [1.807, 2.05) is 12.3 Å². The maximum absolute atomic E-state index is 4.29. The smallest absolute Gasteiger partial charge is 0.137 e. The van der Waals surface area contributed by atoms with Crippen LogP contribution in [-0.2, 0) is 6.54 Å². The minimum absolute atomic E-state index is 0.574. The Bertz CT molecular complexity index is 497. The average molecular weight is 215 g/mol. The summed E-state index contributed by atoms with van der Waals surface area (Å²) in [5.41, 5.74) is 2.87. The number of nitrogens with one attached hydrogen (secondary N) is 2. The third kappa shape index (κ3) is 1.83. The number of rotatable bonds is 4. The minimum Gasteiger partial charge on any atom is -0.346 e. The topological polar surface area (TPSA) is 40.7 Å². The fraction of sp³-hybridized carbons (Fsp3) is 0.462. The summed E-state index contributed by atoms with van der Waals surface area (Å²) in [7, 11) is 0. The van der Waals surface area contributed by atoms with Gasteiger partial charge in [0.2, 0.25) is 0 Å². The zero-order chi connectivity index (χ0) is 11.0. The molecule has 84 valence electrons. The molecule has 3 heteroatoms. The van der Waals surface area contributed by atoms with Crippen molar-refractivity contribution in [1.29, 1.82) is 0 Å². The molecule has 0 amide bonds. The van der Waals surface area contributed by atoms with Crippen LogP contribution in [-0.4, -0.2) is 16.5 Å². The number of H-pyrrole nitrogens is 1. The number of aromatic amines is 1. The van der Waals surface area contributed by atoms with Crippen LogP contribution >= 0.6 is 0 Å². The van der Waals surface area contributed by atoms with Gasteiger partial charge in [-0.15, -0.1) is 0 Å². The van der Waals surface area contributed by atoms with E-state index >= 15 is 0 Å². The molecule has 3 nitrogen and oxygen atoms in total. The van der Waals surface area contributed by atoms with Crippen LogP contribution in [0.15, 0.2) is 24.5 Å². The van der Waals surface area contributed by atoms with E-state index in [4.69, 9.17) is 0 Å². The van der Waals surface area contributed by atoms with Crippen LogP contribution in [0.3, 0.4) is 0 Å². The van der Waals surface area contributed by atoms with Crippen LogP contribution in [0.2, 0.25) is 0 Å². The molecule has 0 aromatic carbocycles. The lowest BCUT2D eigenvalue weighted by Gasteiger charge is -2.09. The monoisotopic (exact) mass is 215 g/mol. The highest BCUT2D eigenvalue weighted by Gasteiger charge is 2.36. The summed E-state index contributed by atoms with van der Waals surface area (Å²) in [6.45, 7) is 4.40. The molecule has 0 bridgehead atoms. The van der Waals surface area contributed by atoms with Gasteiger partial charge in [0.1, 0.15) is 5.65 Å². The van der Waals surface area contributed by atoms with Gasteiger partial charge in [-0.1, -0.05) is 6.92 Å². The summed E-state index contributed by atoms with van der Waals surface area (Å²) in [5, 5.41) is 4.77. The van der Waals surface area contributed by atoms with Crippen LogP contribution in [0.4, 0.5) is 0 Å². The highest BCUT2D eigenvalue weighted by molar-refractivity contribution is 5.79. The molecule has 0 unspecified atom stereocenters. The number of fused-ring (bicyclic) bond motifs is 1. The molecular formula is C13H17N3. The molecule has 2 heterocycles. The molecule has 2 aromatic rings. The van der Waals surface area contributed by atoms with Crippen LogP contribution in [0.25, 0.3) is 11.0 Å². The molecule has 2 aromatic heterocycles. The molecule has 0 radical (unpaired) electrons. The Hall–Kier alpha value is -1.35. The Balaban J connectivity index is 1.69. The third-order valence-electron chi connectivity index (χ3n) is 3.51. The lowest BCUT2D eigenvalue weighted by atomic mass is 10.1. The number of nitrogens with zero attached hydrogens (tertiary/aromatic N) is 1. The van der Waals surface area contributed by atoms with Gasteiger partial charge in [0.15, 0.2) is 0 Å². The van der Waals surface area contributed by atoms with Crippen LogP contribution in [0.1, 0.15) is 25.3 Å². The van der Waals surface area contributed by atoms with Crippen molar-refractivity contribution in [3.05, 3.63) is 30.1 Å². The van der Waals surface area contributed by atoms with Crippen molar-refractivity contribution in [2.24, 2.45) is 5.41 Å². The van der Waals surface area contributed by atoms with Crippen LogP contribution in [0.5, 0.6) is 0 Å². The molecule has 3 rings (SSSR count). The molecule has 0 atom stereocenters. The minimum atomic E-state index is 0.574. The quantitative estimate of drug-likeness (QED) is 0.822. The van der Waals surface area contributed by atoms with E-state index in [1.54, 1.807) is 0 Å². The Morgan fingerprint density at radius 3 is 3.19 bits per heavy atom. The SMILES string of the molecule is CC1(CNCc2c[nH]c3ncccc23)CC1. The number of hydrogen-bond donors (Lipinski definition) is 2. The van der Waals surface area contributed by atoms with Crippen molar-refractivity contribution in [1.82, 2.24) is 15.3 Å². The summed E-state index contributed by atoms with van der Waals surface area (Å²) < 4.78 is 0. The van der Waals surface area contributed by atoms with Gasteiger partial charge in [-0.25, -0.2) is 4.98 Å². The van der Waals surface area contributed by atoms with E-state index in [0.29, 0.717) is 5.41 Å². The molecule has 0 aliphatic heterocycles. The van der Waals surface area contributed by atoms with Crippen LogP contribution in [0, 0.1) is 5.41 Å². The standard InChI is InChI=1S/C13H17N3/c1-13(4-5-13)9-14-7-10-8-16-12-11(10)3-2-6-15-12/h2-3,6,8,14H,4-5,7,9H2,1H3,(H,15,16). The highest BCUT2D eigenvalue weighted by atomic mass is 14.9. The number of hydrogen-bond acceptors (Lipinski definition) is 2. The maximum atomic E-state index is 4.29. The molecular weight excluding hydrogens is 198 g/mol. The average Bonchev–Trinajstić information content (AvgIpc) is 2.89. The Labute approximate surface area is 95.3 Å². The van der Waals surface area contributed by atoms with Gasteiger partial charge in [0.25, 0.3) is 0 Å². The van der Waals surface area contributed by atoms with Gasteiger partial charge in [0.05, 0.1) is 0 Å². The molecule has 0 saturated heterocycles. The summed E-state index contributed by atoms with van der Waals surface area (Å²) in [6, 6.07) is 4.11. The Morgan fingerprint density at radius 2 is 2.38 bits per heavy atom. The van der Waals surface area contributed by atoms with Crippen molar-refractivity contribution < 1.29 is 0 Å². The third-order valence-corrected chi connectivity index (χ3v) is 3.51. The second-order valence-corrected chi connectivity index (χ2v) is 5.13. The second-order valence-electron chi connectivity index (χ2n) is 5.13. The summed E-state index contributed by atoms with van der Waals surface area (Å²) in [6.07, 6.45) is 6.62. The predicted octanol–water partition coefficient (Wildman–Crippen LogP) is 2.45. The highest BCUT2D eigenvalue weighted by Crippen LogP contribution is 2.44.